The first-order valence-corrected chi connectivity index (χ1v) is 7.17. The molecular weight excluding hydrogens is 244 g/mol. The van der Waals surface area contributed by atoms with Crippen molar-refractivity contribution in [3.8, 4) is 0 Å². The summed E-state index contributed by atoms with van der Waals surface area (Å²) in [5, 5.41) is 0. The molecule has 1 fully saturated rings. The zero-order chi connectivity index (χ0) is 14.1. The molecule has 0 unspecified atom stereocenters. The predicted octanol–water partition coefficient (Wildman–Crippen LogP) is 1.27. The molecule has 2 amide bonds. The lowest BCUT2D eigenvalue weighted by Gasteiger charge is -2.26. The number of nitrogens with zero attached hydrogens (tertiary/aromatic N) is 2. The molecule has 0 saturated carbocycles. The summed E-state index contributed by atoms with van der Waals surface area (Å²) in [6.07, 6.45) is 5.33. The molecule has 0 aromatic rings. The van der Waals surface area contributed by atoms with Crippen molar-refractivity contribution in [3.63, 3.8) is 0 Å². The minimum Gasteiger partial charge on any atom is -0.385 e. The average Bonchev–Trinajstić information content (AvgIpc) is 2.66. The van der Waals surface area contributed by atoms with Crippen molar-refractivity contribution < 1.29 is 14.3 Å². The number of hydrogen-bond acceptors (Lipinski definition) is 3. The first-order valence-electron chi connectivity index (χ1n) is 7.17. The lowest BCUT2D eigenvalue weighted by molar-refractivity contribution is -0.139. The van der Waals surface area contributed by atoms with Crippen molar-refractivity contribution >= 4 is 11.8 Å². The van der Waals surface area contributed by atoms with Crippen LogP contribution in [-0.4, -0.2) is 61.5 Å². The third-order valence-electron chi connectivity index (χ3n) is 3.51. The van der Waals surface area contributed by atoms with Crippen LogP contribution in [-0.2, 0) is 14.3 Å². The van der Waals surface area contributed by atoms with E-state index in [1.165, 1.54) is 19.8 Å². The van der Waals surface area contributed by atoms with Gasteiger partial charge in [0.2, 0.25) is 11.8 Å². The highest BCUT2D eigenvalue weighted by atomic mass is 16.5. The number of carbonyl (C=O) groups is 2. The normalized spacial score (nSPS) is 16.0. The van der Waals surface area contributed by atoms with E-state index in [0.717, 1.165) is 32.4 Å². The summed E-state index contributed by atoms with van der Waals surface area (Å²) in [6.45, 7) is 4.59. The Labute approximate surface area is 115 Å². The molecule has 1 rings (SSSR count). The highest BCUT2D eigenvalue weighted by Gasteiger charge is 2.19. The van der Waals surface area contributed by atoms with Crippen molar-refractivity contribution in [2.75, 3.05) is 39.9 Å². The Balaban J connectivity index is 2.42. The molecule has 0 bridgehead atoms. The van der Waals surface area contributed by atoms with Gasteiger partial charge < -0.3 is 14.5 Å². The van der Waals surface area contributed by atoms with Crippen LogP contribution in [0, 0.1) is 0 Å². The lowest BCUT2D eigenvalue weighted by Crippen LogP contribution is -2.43. The van der Waals surface area contributed by atoms with Crippen molar-refractivity contribution in [3.05, 3.63) is 0 Å². The van der Waals surface area contributed by atoms with Crippen molar-refractivity contribution in [1.82, 2.24) is 9.80 Å². The lowest BCUT2D eigenvalue weighted by atomic mass is 10.2. The molecule has 110 valence electrons. The van der Waals surface area contributed by atoms with E-state index in [4.69, 9.17) is 4.74 Å². The maximum absolute atomic E-state index is 12.2. The van der Waals surface area contributed by atoms with Crippen LogP contribution < -0.4 is 0 Å². The van der Waals surface area contributed by atoms with Crippen LogP contribution in [0.25, 0.3) is 0 Å². The van der Waals surface area contributed by atoms with Gasteiger partial charge in [-0.05, 0) is 19.3 Å². The highest BCUT2D eigenvalue weighted by molar-refractivity contribution is 5.83. The topological polar surface area (TPSA) is 49.9 Å². The number of ether oxygens (including phenoxy) is 1. The minimum absolute atomic E-state index is 0.0423. The predicted molar refractivity (Wildman–Crippen MR) is 73.8 cm³/mol. The van der Waals surface area contributed by atoms with Gasteiger partial charge in [-0.2, -0.15) is 0 Å². The van der Waals surface area contributed by atoms with E-state index >= 15 is 0 Å². The van der Waals surface area contributed by atoms with Crippen LogP contribution in [0.2, 0.25) is 0 Å². The van der Waals surface area contributed by atoms with Crippen LogP contribution in [0.4, 0.5) is 0 Å². The second-order valence-corrected chi connectivity index (χ2v) is 5.08. The Kier molecular flexibility index (Phi) is 7.48. The number of carbonyl (C=O) groups excluding carboxylic acids is 2. The highest BCUT2D eigenvalue weighted by Crippen LogP contribution is 2.10. The molecule has 0 aromatic carbocycles. The third kappa shape index (κ3) is 6.05. The molecule has 1 aliphatic heterocycles. The van der Waals surface area contributed by atoms with Gasteiger partial charge in [0.25, 0.3) is 0 Å². The second kappa shape index (κ2) is 8.91. The van der Waals surface area contributed by atoms with Gasteiger partial charge in [-0.25, -0.2) is 0 Å². The molecule has 0 radical (unpaired) electrons. The first-order chi connectivity index (χ1) is 9.15. The SMILES string of the molecule is COCCCN(CC(=O)N1CCCCCC1)C(C)=O. The van der Waals surface area contributed by atoms with Crippen molar-refractivity contribution in [1.29, 1.82) is 0 Å². The van der Waals surface area contributed by atoms with Crippen LogP contribution in [0.15, 0.2) is 0 Å². The molecule has 0 aliphatic carbocycles. The average molecular weight is 270 g/mol. The van der Waals surface area contributed by atoms with Gasteiger partial charge >= 0.3 is 0 Å². The number of amides is 2. The molecule has 0 aromatic heterocycles. The van der Waals surface area contributed by atoms with Gasteiger partial charge in [-0.3, -0.25) is 9.59 Å². The molecule has 0 N–H and O–H groups in total. The van der Waals surface area contributed by atoms with E-state index in [1.807, 2.05) is 4.90 Å². The van der Waals surface area contributed by atoms with Gasteiger partial charge in [0, 0.05) is 40.3 Å². The largest absolute Gasteiger partial charge is 0.385 e. The summed E-state index contributed by atoms with van der Waals surface area (Å²) < 4.78 is 4.98. The molecular formula is C14H26N2O3. The molecule has 0 spiro atoms. The maximum Gasteiger partial charge on any atom is 0.242 e. The fraction of sp³-hybridized carbons (Fsp3) is 0.857. The molecule has 1 heterocycles. The molecule has 1 saturated heterocycles. The van der Waals surface area contributed by atoms with Gasteiger partial charge in [-0.15, -0.1) is 0 Å². The number of likely N-dealkylation sites (tertiary alicyclic amines) is 1. The Bertz CT molecular complexity index is 286. The maximum atomic E-state index is 12.2. The van der Waals surface area contributed by atoms with E-state index in [0.29, 0.717) is 13.2 Å². The van der Waals surface area contributed by atoms with Crippen LogP contribution in [0.1, 0.15) is 39.0 Å². The fourth-order valence-electron chi connectivity index (χ4n) is 2.33. The number of rotatable bonds is 6. The Morgan fingerprint density at radius 2 is 1.79 bits per heavy atom. The molecule has 1 aliphatic rings. The zero-order valence-electron chi connectivity index (χ0n) is 12.2. The standard InChI is InChI=1S/C14H26N2O3/c1-13(17)16(10-7-11-19-2)12-14(18)15-8-5-3-4-6-9-15/h3-12H2,1-2H3. The summed E-state index contributed by atoms with van der Waals surface area (Å²) in [6, 6.07) is 0. The van der Waals surface area contributed by atoms with E-state index in [-0.39, 0.29) is 18.4 Å². The van der Waals surface area contributed by atoms with Gasteiger partial charge in [0.1, 0.15) is 0 Å². The number of methoxy groups -OCH3 is 1. The third-order valence-corrected chi connectivity index (χ3v) is 3.51. The smallest absolute Gasteiger partial charge is 0.242 e. The molecule has 5 heteroatoms. The van der Waals surface area contributed by atoms with E-state index in [2.05, 4.69) is 0 Å². The summed E-state index contributed by atoms with van der Waals surface area (Å²) >= 11 is 0. The minimum atomic E-state index is -0.0423. The molecule has 19 heavy (non-hydrogen) atoms. The summed E-state index contributed by atoms with van der Waals surface area (Å²) in [4.78, 5) is 27.3. The van der Waals surface area contributed by atoms with Crippen LogP contribution >= 0.6 is 0 Å². The van der Waals surface area contributed by atoms with E-state index < -0.39 is 0 Å². The molecule has 0 atom stereocenters. The van der Waals surface area contributed by atoms with Gasteiger partial charge in [0.05, 0.1) is 6.54 Å². The summed E-state index contributed by atoms with van der Waals surface area (Å²) in [5.41, 5.74) is 0. The Morgan fingerprint density at radius 1 is 1.16 bits per heavy atom. The van der Waals surface area contributed by atoms with Crippen molar-refractivity contribution in [2.45, 2.75) is 39.0 Å². The Morgan fingerprint density at radius 3 is 2.32 bits per heavy atom. The molecule has 5 nitrogen and oxygen atoms in total. The van der Waals surface area contributed by atoms with E-state index in [9.17, 15) is 9.59 Å². The quantitative estimate of drug-likeness (QED) is 0.683. The monoisotopic (exact) mass is 270 g/mol. The second-order valence-electron chi connectivity index (χ2n) is 5.08. The first kappa shape index (κ1) is 16.0. The Hall–Kier alpha value is -1.10. The van der Waals surface area contributed by atoms with Crippen molar-refractivity contribution in [2.24, 2.45) is 0 Å². The zero-order valence-corrected chi connectivity index (χ0v) is 12.2. The number of hydrogen-bond donors (Lipinski definition) is 0. The van der Waals surface area contributed by atoms with Gasteiger partial charge in [-0.1, -0.05) is 12.8 Å². The van der Waals surface area contributed by atoms with Crippen LogP contribution in [0.5, 0.6) is 0 Å². The summed E-state index contributed by atoms with van der Waals surface area (Å²) in [5.74, 6) is 0.0359. The van der Waals surface area contributed by atoms with Gasteiger partial charge in [0.15, 0.2) is 0 Å². The van der Waals surface area contributed by atoms with Crippen LogP contribution in [0.3, 0.4) is 0 Å². The van der Waals surface area contributed by atoms with E-state index in [1.54, 1.807) is 12.0 Å². The fourth-order valence-corrected chi connectivity index (χ4v) is 2.33. The summed E-state index contributed by atoms with van der Waals surface area (Å²) in [7, 11) is 1.64.